The number of halogens is 1. The lowest BCUT2D eigenvalue weighted by Gasteiger charge is -2.19. The lowest BCUT2D eigenvalue weighted by Crippen LogP contribution is -2.39. The maximum atomic E-state index is 12.3. The van der Waals surface area contributed by atoms with Crippen LogP contribution in [0.25, 0.3) is 0 Å². The number of likely N-dealkylation sites (tertiary alicyclic amines) is 1. The number of ether oxygens (including phenoxy) is 1. The minimum atomic E-state index is -0.497. The van der Waals surface area contributed by atoms with Crippen molar-refractivity contribution in [2.45, 2.75) is 52.2 Å². The molecular weight excluding hydrogens is 523 g/mol. The molecule has 1 aliphatic rings. The number of benzene rings is 1. The van der Waals surface area contributed by atoms with Gasteiger partial charge in [-0.3, -0.25) is 4.99 Å². The first-order chi connectivity index (χ1) is 14.8. The van der Waals surface area contributed by atoms with Crippen molar-refractivity contribution in [2.75, 3.05) is 38.5 Å². The molecule has 0 saturated carbocycles. The van der Waals surface area contributed by atoms with Crippen LogP contribution in [0.5, 0.6) is 0 Å². The molecule has 1 heterocycles. The fraction of sp³-hybridized carbons (Fsp3) is 0.591. The molecule has 0 radical (unpaired) electrons. The molecule has 1 aromatic carbocycles. The van der Waals surface area contributed by atoms with Gasteiger partial charge in [-0.05, 0) is 57.7 Å². The Morgan fingerprint density at radius 1 is 1.09 bits per heavy atom. The smallest absolute Gasteiger partial charge is 0.407 e. The normalized spacial score (nSPS) is 13.8. The van der Waals surface area contributed by atoms with Crippen LogP contribution in [0.2, 0.25) is 0 Å². The molecule has 0 bridgehead atoms. The second kappa shape index (κ2) is 14.0. The van der Waals surface area contributed by atoms with Gasteiger partial charge in [0, 0.05) is 45.5 Å². The van der Waals surface area contributed by atoms with Gasteiger partial charge in [0.25, 0.3) is 0 Å². The maximum absolute atomic E-state index is 12.3. The van der Waals surface area contributed by atoms with Crippen LogP contribution in [0.3, 0.4) is 0 Å². The number of hydrogen-bond donors (Lipinski definition) is 4. The van der Waals surface area contributed by atoms with Crippen LogP contribution >= 0.6 is 24.0 Å². The van der Waals surface area contributed by atoms with Crippen molar-refractivity contribution in [3.05, 3.63) is 29.8 Å². The summed E-state index contributed by atoms with van der Waals surface area (Å²) in [7, 11) is 1.71. The van der Waals surface area contributed by atoms with E-state index in [0.29, 0.717) is 25.6 Å². The number of hydrogen-bond acceptors (Lipinski definition) is 4. The van der Waals surface area contributed by atoms with E-state index in [1.807, 2.05) is 49.9 Å². The van der Waals surface area contributed by atoms with Crippen molar-refractivity contribution >= 4 is 47.7 Å². The summed E-state index contributed by atoms with van der Waals surface area (Å²) in [4.78, 5) is 29.9. The average molecular weight is 560 g/mol. The van der Waals surface area contributed by atoms with E-state index < -0.39 is 11.7 Å². The van der Waals surface area contributed by atoms with E-state index in [2.05, 4.69) is 26.3 Å². The standard InChI is InChI=1S/C22H36N6O3.HI/c1-22(2,3)31-21(30)25-12-8-11-24-19(23-4)26-16-17-9-7-10-18(15-17)27-20(29)28-13-5-6-14-28;/h7,9-10,15H,5-6,8,11-14,16H2,1-4H3,(H,25,30)(H,27,29)(H2,23,24,26);1H. The van der Waals surface area contributed by atoms with E-state index in [4.69, 9.17) is 4.74 Å². The molecule has 1 saturated heterocycles. The zero-order valence-electron chi connectivity index (χ0n) is 19.5. The van der Waals surface area contributed by atoms with E-state index in [0.717, 1.165) is 43.6 Å². The number of nitrogens with zero attached hydrogens (tertiary/aromatic N) is 2. The highest BCUT2D eigenvalue weighted by molar-refractivity contribution is 14.0. The van der Waals surface area contributed by atoms with Crippen LogP contribution in [0.4, 0.5) is 15.3 Å². The Bertz CT molecular complexity index is 760. The molecule has 0 atom stereocenters. The minimum Gasteiger partial charge on any atom is -0.444 e. The molecule has 0 spiro atoms. The molecular formula is C22H37IN6O3. The largest absolute Gasteiger partial charge is 0.444 e. The summed E-state index contributed by atoms with van der Waals surface area (Å²) in [5.74, 6) is 0.670. The second-order valence-electron chi connectivity index (χ2n) is 8.46. The number of amides is 3. The van der Waals surface area contributed by atoms with Gasteiger partial charge in [0.2, 0.25) is 0 Å². The van der Waals surface area contributed by atoms with E-state index in [9.17, 15) is 9.59 Å². The van der Waals surface area contributed by atoms with Crippen LogP contribution in [0.1, 0.15) is 45.6 Å². The first-order valence-electron chi connectivity index (χ1n) is 10.8. The van der Waals surface area contributed by atoms with Crippen molar-refractivity contribution in [1.29, 1.82) is 0 Å². The highest BCUT2D eigenvalue weighted by atomic mass is 127. The van der Waals surface area contributed by atoms with Gasteiger partial charge in [-0.1, -0.05) is 12.1 Å². The fourth-order valence-corrected chi connectivity index (χ4v) is 3.09. The Hall–Kier alpha value is -2.24. The zero-order chi connectivity index (χ0) is 22.7. The molecule has 1 aliphatic heterocycles. The number of alkyl carbamates (subject to hydrolysis) is 1. The number of aliphatic imine (C=N–C) groups is 1. The number of carbonyl (C=O) groups is 2. The van der Waals surface area contributed by atoms with Crippen molar-refractivity contribution in [3.8, 4) is 0 Å². The third kappa shape index (κ3) is 10.9. The molecule has 1 aromatic rings. The number of rotatable bonds is 7. The van der Waals surface area contributed by atoms with Crippen LogP contribution in [-0.4, -0.2) is 61.8 Å². The number of anilines is 1. The zero-order valence-corrected chi connectivity index (χ0v) is 21.8. The maximum Gasteiger partial charge on any atom is 0.407 e. The highest BCUT2D eigenvalue weighted by Gasteiger charge is 2.18. The summed E-state index contributed by atoms with van der Waals surface area (Å²) in [5.41, 5.74) is 1.32. The van der Waals surface area contributed by atoms with Gasteiger partial charge in [-0.25, -0.2) is 9.59 Å². The summed E-state index contributed by atoms with van der Waals surface area (Å²) in [6.45, 7) is 8.88. The van der Waals surface area contributed by atoms with Crippen molar-refractivity contribution in [2.24, 2.45) is 4.99 Å². The van der Waals surface area contributed by atoms with Crippen LogP contribution < -0.4 is 21.3 Å². The van der Waals surface area contributed by atoms with E-state index in [1.54, 1.807) is 7.05 Å². The molecule has 1 fully saturated rings. The molecule has 2 rings (SSSR count). The third-order valence-electron chi connectivity index (χ3n) is 4.57. The van der Waals surface area contributed by atoms with Gasteiger partial charge in [0.15, 0.2) is 5.96 Å². The minimum absolute atomic E-state index is 0. The fourth-order valence-electron chi connectivity index (χ4n) is 3.09. The lowest BCUT2D eigenvalue weighted by molar-refractivity contribution is 0.0527. The second-order valence-corrected chi connectivity index (χ2v) is 8.46. The Balaban J connectivity index is 0.00000512. The molecule has 32 heavy (non-hydrogen) atoms. The van der Waals surface area contributed by atoms with Gasteiger partial charge in [-0.2, -0.15) is 0 Å². The van der Waals surface area contributed by atoms with E-state index in [1.165, 1.54) is 0 Å². The highest BCUT2D eigenvalue weighted by Crippen LogP contribution is 2.14. The molecule has 0 aromatic heterocycles. The first kappa shape index (κ1) is 27.8. The number of urea groups is 1. The monoisotopic (exact) mass is 560 g/mol. The number of guanidine groups is 1. The Morgan fingerprint density at radius 2 is 1.78 bits per heavy atom. The lowest BCUT2D eigenvalue weighted by atomic mass is 10.2. The molecule has 10 heteroatoms. The molecule has 0 aliphatic carbocycles. The predicted molar refractivity (Wildman–Crippen MR) is 139 cm³/mol. The Labute approximate surface area is 208 Å². The SMILES string of the molecule is CN=C(NCCCNC(=O)OC(C)(C)C)NCc1cccc(NC(=O)N2CCCC2)c1.I. The summed E-state index contributed by atoms with van der Waals surface area (Å²) in [5, 5.41) is 12.2. The first-order valence-corrected chi connectivity index (χ1v) is 10.8. The van der Waals surface area contributed by atoms with Gasteiger partial charge >= 0.3 is 12.1 Å². The summed E-state index contributed by atoms with van der Waals surface area (Å²) < 4.78 is 5.20. The van der Waals surface area contributed by atoms with Gasteiger partial charge in [0.1, 0.15) is 5.60 Å². The third-order valence-corrected chi connectivity index (χ3v) is 4.57. The molecule has 3 amide bonds. The quantitative estimate of drug-likeness (QED) is 0.177. The van der Waals surface area contributed by atoms with Crippen LogP contribution in [-0.2, 0) is 11.3 Å². The number of carbonyl (C=O) groups excluding carboxylic acids is 2. The molecule has 9 nitrogen and oxygen atoms in total. The van der Waals surface area contributed by atoms with E-state index in [-0.39, 0.29) is 30.0 Å². The molecule has 4 N–H and O–H groups in total. The number of nitrogens with one attached hydrogen (secondary N) is 4. The van der Waals surface area contributed by atoms with E-state index >= 15 is 0 Å². The summed E-state index contributed by atoms with van der Waals surface area (Å²) in [6, 6.07) is 7.73. The van der Waals surface area contributed by atoms with Gasteiger partial charge < -0.3 is 30.9 Å². The van der Waals surface area contributed by atoms with Crippen molar-refractivity contribution in [1.82, 2.24) is 20.9 Å². The van der Waals surface area contributed by atoms with Gasteiger partial charge in [0.05, 0.1) is 0 Å². The van der Waals surface area contributed by atoms with Crippen molar-refractivity contribution < 1.29 is 14.3 Å². The predicted octanol–water partition coefficient (Wildman–Crippen LogP) is 3.51. The van der Waals surface area contributed by atoms with Crippen LogP contribution in [0, 0.1) is 0 Å². The van der Waals surface area contributed by atoms with Gasteiger partial charge in [-0.15, -0.1) is 24.0 Å². The topological polar surface area (TPSA) is 107 Å². The Morgan fingerprint density at radius 3 is 2.44 bits per heavy atom. The Kier molecular flexibility index (Phi) is 12.2. The van der Waals surface area contributed by atoms with Crippen LogP contribution in [0.15, 0.2) is 29.3 Å². The molecule has 180 valence electrons. The molecule has 0 unspecified atom stereocenters. The summed E-state index contributed by atoms with van der Waals surface area (Å²) >= 11 is 0. The summed E-state index contributed by atoms with van der Waals surface area (Å²) in [6.07, 6.45) is 2.46. The average Bonchev–Trinajstić information content (AvgIpc) is 3.24. The van der Waals surface area contributed by atoms with Crippen molar-refractivity contribution in [3.63, 3.8) is 0 Å².